The zero-order chi connectivity index (χ0) is 17.9. The average Bonchev–Trinajstić information content (AvgIpc) is 2.51. The van der Waals surface area contributed by atoms with Crippen LogP contribution in [0.25, 0.3) is 0 Å². The molecule has 1 aromatic carbocycles. The Bertz CT molecular complexity index is 618. The smallest absolute Gasteiger partial charge is 0.372 e. The Morgan fingerprint density at radius 2 is 1.56 bits per heavy atom. The third-order valence-corrected chi connectivity index (χ3v) is 6.54. The van der Waals surface area contributed by atoms with Crippen molar-refractivity contribution in [2.75, 3.05) is 18.0 Å². The summed E-state index contributed by atoms with van der Waals surface area (Å²) in [4.78, 5) is 2.04. The van der Waals surface area contributed by atoms with Crippen LogP contribution in [0.1, 0.15) is 44.1 Å². The number of nitrogens with zero attached hydrogens (tertiary/aromatic N) is 1. The van der Waals surface area contributed by atoms with E-state index in [0.29, 0.717) is 24.5 Å². The van der Waals surface area contributed by atoms with Crippen molar-refractivity contribution in [2.45, 2.75) is 56.3 Å². The Kier molecular flexibility index (Phi) is 3.85. The summed E-state index contributed by atoms with van der Waals surface area (Å²) in [7, 11) is 0. The lowest BCUT2D eigenvalue weighted by Gasteiger charge is -2.62. The minimum absolute atomic E-state index is 0.175. The van der Waals surface area contributed by atoms with E-state index in [1.54, 1.807) is 0 Å². The van der Waals surface area contributed by atoms with Crippen molar-refractivity contribution in [2.24, 2.45) is 22.8 Å². The third kappa shape index (κ3) is 3.04. The van der Waals surface area contributed by atoms with Gasteiger partial charge in [0.15, 0.2) is 0 Å². The molecule has 3 nitrogen and oxygen atoms in total. The van der Waals surface area contributed by atoms with Crippen LogP contribution in [-0.2, 0) is 5.54 Å². The number of rotatable bonds is 2. The van der Waals surface area contributed by atoms with Crippen LogP contribution in [0.3, 0.4) is 0 Å². The Morgan fingerprint density at radius 1 is 1.00 bits per heavy atom. The standard InChI is InChI=1S/C19H26F3N3/c20-19(21,22)14-5-7-25(8-6-14)16-3-1-13(2-4-16)18(24)11-17(12-18)9-15(23)10-17/h1-4,14-15H,5-12,23-24H2. The molecule has 0 bridgehead atoms. The molecule has 0 amide bonds. The van der Waals surface area contributed by atoms with Crippen molar-refractivity contribution in [3.63, 3.8) is 0 Å². The first-order chi connectivity index (χ1) is 11.7. The van der Waals surface area contributed by atoms with Crippen molar-refractivity contribution in [1.82, 2.24) is 0 Å². The van der Waals surface area contributed by atoms with Crippen molar-refractivity contribution in [1.29, 1.82) is 0 Å². The van der Waals surface area contributed by atoms with Crippen molar-refractivity contribution < 1.29 is 13.2 Å². The van der Waals surface area contributed by atoms with Gasteiger partial charge >= 0.3 is 6.18 Å². The molecule has 138 valence electrons. The van der Waals surface area contributed by atoms with Gasteiger partial charge in [0.05, 0.1) is 5.92 Å². The minimum Gasteiger partial charge on any atom is -0.372 e. The van der Waals surface area contributed by atoms with Crippen LogP contribution < -0.4 is 16.4 Å². The van der Waals surface area contributed by atoms with Gasteiger partial charge in [-0.3, -0.25) is 0 Å². The second kappa shape index (κ2) is 5.61. The number of nitrogens with two attached hydrogens (primary N) is 2. The second-order valence-corrected chi connectivity index (χ2v) is 8.53. The van der Waals surface area contributed by atoms with E-state index in [1.165, 1.54) is 0 Å². The first-order valence-corrected chi connectivity index (χ1v) is 9.16. The molecule has 1 spiro atoms. The van der Waals surface area contributed by atoms with Crippen LogP contribution in [0.15, 0.2) is 24.3 Å². The van der Waals surface area contributed by atoms with Gasteiger partial charge in [0, 0.05) is 30.4 Å². The molecule has 1 saturated heterocycles. The van der Waals surface area contributed by atoms with Crippen molar-refractivity contribution in [3.05, 3.63) is 29.8 Å². The second-order valence-electron chi connectivity index (χ2n) is 8.53. The van der Waals surface area contributed by atoms with Crippen LogP contribution in [0, 0.1) is 11.3 Å². The highest BCUT2D eigenvalue weighted by Gasteiger charge is 2.58. The maximum atomic E-state index is 12.8. The van der Waals surface area contributed by atoms with Gasteiger partial charge in [0.1, 0.15) is 0 Å². The fourth-order valence-corrected chi connectivity index (χ4v) is 5.30. The molecule has 2 saturated carbocycles. The van der Waals surface area contributed by atoms with E-state index >= 15 is 0 Å². The van der Waals surface area contributed by atoms with Crippen molar-refractivity contribution in [3.8, 4) is 0 Å². The quantitative estimate of drug-likeness (QED) is 0.855. The van der Waals surface area contributed by atoms with E-state index in [4.69, 9.17) is 11.5 Å². The topological polar surface area (TPSA) is 55.3 Å². The van der Waals surface area contributed by atoms with Crippen molar-refractivity contribution >= 4 is 5.69 Å². The van der Waals surface area contributed by atoms with Crippen LogP contribution in [0.5, 0.6) is 0 Å². The molecule has 3 fully saturated rings. The van der Waals surface area contributed by atoms with Crippen LogP contribution in [0.2, 0.25) is 0 Å². The Hall–Kier alpha value is -1.27. The van der Waals surface area contributed by atoms with E-state index in [2.05, 4.69) is 12.1 Å². The summed E-state index contributed by atoms with van der Waals surface area (Å²) in [6.07, 6.45) is 0.431. The zero-order valence-corrected chi connectivity index (χ0v) is 14.4. The number of hydrogen-bond donors (Lipinski definition) is 2. The highest BCUT2D eigenvalue weighted by atomic mass is 19.4. The SMILES string of the molecule is NC1CC2(C1)CC(N)(c1ccc(N3CCC(C(F)(F)F)CC3)cc1)C2. The molecule has 0 aromatic heterocycles. The largest absolute Gasteiger partial charge is 0.391 e. The highest BCUT2D eigenvalue weighted by Crippen LogP contribution is 2.62. The average molecular weight is 353 g/mol. The monoisotopic (exact) mass is 353 g/mol. The predicted molar refractivity (Wildman–Crippen MR) is 92.2 cm³/mol. The molecule has 0 radical (unpaired) electrons. The zero-order valence-electron chi connectivity index (χ0n) is 14.4. The first-order valence-electron chi connectivity index (χ1n) is 9.16. The van der Waals surface area contributed by atoms with E-state index < -0.39 is 12.1 Å². The van der Waals surface area contributed by atoms with Gasteiger partial charge < -0.3 is 16.4 Å². The fourth-order valence-electron chi connectivity index (χ4n) is 5.30. The lowest BCUT2D eigenvalue weighted by Crippen LogP contribution is -2.63. The molecule has 4 N–H and O–H groups in total. The van der Waals surface area contributed by atoms with Gasteiger partial charge in [0.25, 0.3) is 0 Å². The van der Waals surface area contributed by atoms with E-state index in [0.717, 1.165) is 36.9 Å². The van der Waals surface area contributed by atoms with Gasteiger partial charge in [-0.2, -0.15) is 13.2 Å². The Morgan fingerprint density at radius 3 is 2.04 bits per heavy atom. The molecule has 25 heavy (non-hydrogen) atoms. The summed E-state index contributed by atoms with van der Waals surface area (Å²) in [5, 5.41) is 0. The number of piperidine rings is 1. The molecule has 2 aliphatic carbocycles. The molecule has 0 atom stereocenters. The Labute approximate surface area is 146 Å². The fraction of sp³-hybridized carbons (Fsp3) is 0.684. The summed E-state index contributed by atoms with van der Waals surface area (Å²) in [6, 6.07) is 8.46. The van der Waals surface area contributed by atoms with E-state index in [-0.39, 0.29) is 18.4 Å². The van der Waals surface area contributed by atoms with E-state index in [1.807, 2.05) is 17.0 Å². The number of alkyl halides is 3. The van der Waals surface area contributed by atoms with Crippen LogP contribution >= 0.6 is 0 Å². The Balaban J connectivity index is 1.37. The van der Waals surface area contributed by atoms with Gasteiger partial charge in [-0.05, 0) is 61.6 Å². The molecule has 3 aliphatic rings. The maximum Gasteiger partial charge on any atom is 0.391 e. The lowest BCUT2D eigenvalue weighted by atomic mass is 9.46. The molecule has 0 unspecified atom stereocenters. The minimum atomic E-state index is -4.06. The van der Waals surface area contributed by atoms with Gasteiger partial charge in [-0.25, -0.2) is 0 Å². The van der Waals surface area contributed by atoms with Crippen LogP contribution in [-0.4, -0.2) is 25.3 Å². The molecule has 6 heteroatoms. The number of anilines is 1. The number of benzene rings is 1. The molecule has 4 rings (SSSR count). The summed E-state index contributed by atoms with van der Waals surface area (Å²) in [6.45, 7) is 0.913. The van der Waals surface area contributed by atoms with Gasteiger partial charge in [-0.1, -0.05) is 12.1 Å². The predicted octanol–water partition coefficient (Wildman–Crippen LogP) is 3.52. The van der Waals surface area contributed by atoms with Gasteiger partial charge in [0.2, 0.25) is 0 Å². The van der Waals surface area contributed by atoms with Gasteiger partial charge in [-0.15, -0.1) is 0 Å². The lowest BCUT2D eigenvalue weighted by molar-refractivity contribution is -0.179. The van der Waals surface area contributed by atoms with Crippen LogP contribution in [0.4, 0.5) is 18.9 Å². The summed E-state index contributed by atoms with van der Waals surface area (Å²) in [5.41, 5.74) is 14.7. The molecule has 1 heterocycles. The first kappa shape index (κ1) is 17.2. The normalized spacial score (nSPS) is 36.2. The summed E-state index contributed by atoms with van der Waals surface area (Å²) in [5.74, 6) is -1.16. The number of hydrogen-bond acceptors (Lipinski definition) is 3. The molecular weight excluding hydrogens is 327 g/mol. The summed E-state index contributed by atoms with van der Waals surface area (Å²) >= 11 is 0. The molecular formula is C19H26F3N3. The third-order valence-electron chi connectivity index (χ3n) is 6.54. The van der Waals surface area contributed by atoms with E-state index in [9.17, 15) is 13.2 Å². The molecule has 1 aromatic rings. The summed E-state index contributed by atoms with van der Waals surface area (Å²) < 4.78 is 38.3. The highest BCUT2D eigenvalue weighted by molar-refractivity contribution is 5.49. The number of halogens is 3. The molecule has 1 aliphatic heterocycles. The maximum absolute atomic E-state index is 12.8.